The molecule has 0 fully saturated rings. The van der Waals surface area contributed by atoms with Gasteiger partial charge in [0.05, 0.1) is 10.9 Å². The zero-order chi connectivity index (χ0) is 14.0. The van der Waals surface area contributed by atoms with Gasteiger partial charge in [-0.15, -0.1) is 0 Å². The van der Waals surface area contributed by atoms with Crippen LogP contribution in [0.25, 0.3) is 0 Å². The Morgan fingerprint density at radius 1 is 1.53 bits per heavy atom. The number of hydrogen-bond acceptors (Lipinski definition) is 2. The summed E-state index contributed by atoms with van der Waals surface area (Å²) in [5, 5.41) is 12.2. The van der Waals surface area contributed by atoms with Crippen molar-refractivity contribution in [1.82, 2.24) is 9.88 Å². The maximum atomic E-state index is 12.1. The van der Waals surface area contributed by atoms with E-state index in [2.05, 4.69) is 5.32 Å². The van der Waals surface area contributed by atoms with E-state index >= 15 is 0 Å². The zero-order valence-electron chi connectivity index (χ0n) is 10.5. The largest absolute Gasteiger partial charge is 0.481 e. The molecule has 1 aliphatic carbocycles. The second kappa shape index (κ2) is 5.48. The van der Waals surface area contributed by atoms with Crippen molar-refractivity contribution < 1.29 is 14.7 Å². The number of aliphatic carboxylic acids is 1. The van der Waals surface area contributed by atoms with E-state index in [4.69, 9.17) is 16.7 Å². The van der Waals surface area contributed by atoms with Crippen molar-refractivity contribution in [3.8, 4) is 0 Å². The number of aryl methyl sites for hydroxylation is 1. The maximum absolute atomic E-state index is 12.1. The molecule has 2 unspecified atom stereocenters. The smallest absolute Gasteiger partial charge is 0.310 e. The summed E-state index contributed by atoms with van der Waals surface area (Å²) in [5.74, 6) is -1.63. The predicted molar refractivity (Wildman–Crippen MR) is 71.3 cm³/mol. The van der Waals surface area contributed by atoms with Crippen molar-refractivity contribution in [2.45, 2.75) is 25.9 Å². The minimum Gasteiger partial charge on any atom is -0.481 e. The molecule has 1 heterocycles. The fourth-order valence-electron chi connectivity index (χ4n) is 2.16. The first kappa shape index (κ1) is 13.7. The quantitative estimate of drug-likeness (QED) is 0.829. The van der Waals surface area contributed by atoms with Gasteiger partial charge >= 0.3 is 5.97 Å². The highest BCUT2D eigenvalue weighted by atomic mass is 35.5. The SMILES string of the molecule is CCn1cc(Cl)cc1C(=O)NC1C=CC(C(=O)O)C1. The Labute approximate surface area is 115 Å². The molecule has 0 spiro atoms. The average molecular weight is 283 g/mol. The van der Waals surface area contributed by atoms with Crippen LogP contribution in [0.1, 0.15) is 23.8 Å². The van der Waals surface area contributed by atoms with Crippen LogP contribution in [0.3, 0.4) is 0 Å². The summed E-state index contributed by atoms with van der Waals surface area (Å²) in [4.78, 5) is 22.9. The van der Waals surface area contributed by atoms with Gasteiger partial charge in [-0.2, -0.15) is 0 Å². The second-order valence-corrected chi connectivity index (χ2v) is 4.91. The molecule has 0 aliphatic heterocycles. The molecule has 0 saturated carbocycles. The molecule has 0 bridgehead atoms. The molecule has 102 valence electrons. The number of carbonyl (C=O) groups excluding carboxylic acids is 1. The molecule has 1 amide bonds. The number of hydrogen-bond donors (Lipinski definition) is 2. The summed E-state index contributed by atoms with van der Waals surface area (Å²) in [5.41, 5.74) is 0.486. The summed E-state index contributed by atoms with van der Waals surface area (Å²) in [6, 6.07) is 1.36. The third-order valence-electron chi connectivity index (χ3n) is 3.15. The normalized spacial score (nSPS) is 21.6. The Morgan fingerprint density at radius 2 is 2.26 bits per heavy atom. The molecule has 0 aromatic carbocycles. The molecule has 19 heavy (non-hydrogen) atoms. The van der Waals surface area contributed by atoms with Gasteiger partial charge in [-0.25, -0.2) is 0 Å². The molecule has 2 rings (SSSR count). The third kappa shape index (κ3) is 2.98. The molecule has 0 saturated heterocycles. The highest BCUT2D eigenvalue weighted by Gasteiger charge is 2.26. The second-order valence-electron chi connectivity index (χ2n) is 4.47. The summed E-state index contributed by atoms with van der Waals surface area (Å²) < 4.78 is 1.75. The van der Waals surface area contributed by atoms with Crippen LogP contribution in [0.5, 0.6) is 0 Å². The van der Waals surface area contributed by atoms with E-state index in [0.29, 0.717) is 23.7 Å². The highest BCUT2D eigenvalue weighted by molar-refractivity contribution is 6.31. The van der Waals surface area contributed by atoms with Gasteiger partial charge in [0, 0.05) is 18.8 Å². The lowest BCUT2D eigenvalue weighted by Crippen LogP contribution is -2.34. The molecule has 6 heteroatoms. The molecule has 1 aromatic rings. The van der Waals surface area contributed by atoms with Crippen molar-refractivity contribution in [2.24, 2.45) is 5.92 Å². The van der Waals surface area contributed by atoms with Gasteiger partial charge in [0.1, 0.15) is 5.69 Å². The van der Waals surface area contributed by atoms with E-state index in [-0.39, 0.29) is 11.9 Å². The van der Waals surface area contributed by atoms with Crippen LogP contribution in [-0.2, 0) is 11.3 Å². The monoisotopic (exact) mass is 282 g/mol. The van der Waals surface area contributed by atoms with Gasteiger partial charge in [-0.3, -0.25) is 9.59 Å². The van der Waals surface area contributed by atoms with E-state index in [1.807, 2.05) is 6.92 Å². The zero-order valence-corrected chi connectivity index (χ0v) is 11.2. The lowest BCUT2D eigenvalue weighted by molar-refractivity contribution is -0.140. The Morgan fingerprint density at radius 3 is 2.84 bits per heavy atom. The first-order chi connectivity index (χ1) is 9.01. The molecular formula is C13H15ClN2O3. The van der Waals surface area contributed by atoms with Crippen LogP contribution in [0.2, 0.25) is 5.02 Å². The topological polar surface area (TPSA) is 71.3 Å². The number of amides is 1. The van der Waals surface area contributed by atoms with Gasteiger partial charge in [0.25, 0.3) is 5.91 Å². The van der Waals surface area contributed by atoms with Gasteiger partial charge in [0.2, 0.25) is 0 Å². The number of rotatable bonds is 4. The number of nitrogens with zero attached hydrogens (tertiary/aromatic N) is 1. The molecule has 0 radical (unpaired) electrons. The lowest BCUT2D eigenvalue weighted by Gasteiger charge is -2.13. The van der Waals surface area contributed by atoms with Crippen LogP contribution < -0.4 is 5.32 Å². The molecular weight excluding hydrogens is 268 g/mol. The van der Waals surface area contributed by atoms with Crippen LogP contribution in [0.4, 0.5) is 0 Å². The number of nitrogens with one attached hydrogen (secondary N) is 1. The fourth-order valence-corrected chi connectivity index (χ4v) is 2.38. The Hall–Kier alpha value is -1.75. The first-order valence-electron chi connectivity index (χ1n) is 6.09. The lowest BCUT2D eigenvalue weighted by atomic mass is 10.1. The van der Waals surface area contributed by atoms with Crippen molar-refractivity contribution in [2.75, 3.05) is 0 Å². The fraction of sp³-hybridized carbons (Fsp3) is 0.385. The molecule has 2 atom stereocenters. The average Bonchev–Trinajstić information content (AvgIpc) is 2.95. The first-order valence-corrected chi connectivity index (χ1v) is 6.46. The van der Waals surface area contributed by atoms with Gasteiger partial charge < -0.3 is 15.0 Å². The summed E-state index contributed by atoms with van der Waals surface area (Å²) in [6.07, 6.45) is 5.42. The van der Waals surface area contributed by atoms with Crippen molar-refractivity contribution in [1.29, 1.82) is 0 Å². The standard InChI is InChI=1S/C13H15ClN2O3/c1-2-16-7-9(14)6-11(16)12(17)15-10-4-3-8(5-10)13(18)19/h3-4,6-8,10H,2,5H2,1H3,(H,15,17)(H,18,19). The minimum atomic E-state index is -0.868. The van der Waals surface area contributed by atoms with Gasteiger partial charge in [-0.1, -0.05) is 23.8 Å². The Balaban J connectivity index is 2.02. The van der Waals surface area contributed by atoms with Crippen molar-refractivity contribution in [3.63, 3.8) is 0 Å². The van der Waals surface area contributed by atoms with Gasteiger partial charge in [0.15, 0.2) is 0 Å². The van der Waals surface area contributed by atoms with Crippen LogP contribution in [0.15, 0.2) is 24.4 Å². The number of carbonyl (C=O) groups is 2. The Kier molecular flexibility index (Phi) is 3.95. The summed E-state index contributed by atoms with van der Waals surface area (Å²) in [7, 11) is 0. The van der Waals surface area contributed by atoms with E-state index in [0.717, 1.165) is 0 Å². The van der Waals surface area contributed by atoms with Crippen molar-refractivity contribution in [3.05, 3.63) is 35.1 Å². The molecule has 1 aromatic heterocycles. The summed E-state index contributed by atoms with van der Waals surface area (Å²) in [6.45, 7) is 2.57. The van der Waals surface area contributed by atoms with Crippen LogP contribution in [-0.4, -0.2) is 27.6 Å². The van der Waals surface area contributed by atoms with Crippen LogP contribution in [0, 0.1) is 5.92 Å². The predicted octanol–water partition coefficient (Wildman–Crippen LogP) is 1.92. The van der Waals surface area contributed by atoms with E-state index in [1.54, 1.807) is 29.0 Å². The maximum Gasteiger partial charge on any atom is 0.310 e. The highest BCUT2D eigenvalue weighted by Crippen LogP contribution is 2.19. The number of carboxylic acids is 1. The minimum absolute atomic E-state index is 0.241. The van der Waals surface area contributed by atoms with E-state index < -0.39 is 11.9 Å². The van der Waals surface area contributed by atoms with E-state index in [1.165, 1.54) is 0 Å². The number of carboxylic acid groups (broad SMARTS) is 1. The third-order valence-corrected chi connectivity index (χ3v) is 3.36. The number of aromatic nitrogens is 1. The molecule has 5 nitrogen and oxygen atoms in total. The molecule has 1 aliphatic rings. The number of halogens is 1. The van der Waals surface area contributed by atoms with Crippen molar-refractivity contribution >= 4 is 23.5 Å². The molecule has 2 N–H and O–H groups in total. The van der Waals surface area contributed by atoms with Crippen LogP contribution >= 0.6 is 11.6 Å². The van der Waals surface area contributed by atoms with E-state index in [9.17, 15) is 9.59 Å². The van der Waals surface area contributed by atoms with Gasteiger partial charge in [-0.05, 0) is 19.4 Å². The summed E-state index contributed by atoms with van der Waals surface area (Å²) >= 11 is 5.88. The Bertz CT molecular complexity index is 536.